The van der Waals surface area contributed by atoms with Gasteiger partial charge in [0.25, 0.3) is 5.91 Å². The van der Waals surface area contributed by atoms with Crippen molar-refractivity contribution in [3.8, 4) is 11.3 Å². The van der Waals surface area contributed by atoms with Crippen LogP contribution < -0.4 is 5.32 Å². The molecule has 5 rings (SSSR count). The van der Waals surface area contributed by atoms with Crippen LogP contribution >= 0.6 is 15.9 Å². The average molecular weight is 565 g/mol. The molecule has 0 saturated heterocycles. The molecule has 0 bridgehead atoms. The summed E-state index contributed by atoms with van der Waals surface area (Å²) in [5.41, 5.74) is 3.59. The van der Waals surface area contributed by atoms with Crippen LogP contribution in [0.25, 0.3) is 22.2 Å². The SMILES string of the molecule is O=C(COC(=O)c1cc(-c2ccc(Br)cc2)nc2ccccc12)Nc1ccccc1C(=O)c1ccccc1. The fourth-order valence-electron chi connectivity index (χ4n) is 4.04. The highest BCUT2D eigenvalue weighted by molar-refractivity contribution is 9.10. The van der Waals surface area contributed by atoms with Crippen molar-refractivity contribution in [1.29, 1.82) is 0 Å². The van der Waals surface area contributed by atoms with Crippen LogP contribution in [0.5, 0.6) is 0 Å². The maximum Gasteiger partial charge on any atom is 0.339 e. The molecule has 186 valence electrons. The van der Waals surface area contributed by atoms with Crippen LogP contribution in [0, 0.1) is 0 Å². The Labute approximate surface area is 227 Å². The predicted molar refractivity (Wildman–Crippen MR) is 150 cm³/mol. The monoisotopic (exact) mass is 564 g/mol. The van der Waals surface area contributed by atoms with Gasteiger partial charge in [0.05, 0.1) is 22.5 Å². The third-order valence-electron chi connectivity index (χ3n) is 5.89. The molecule has 1 amide bonds. The van der Waals surface area contributed by atoms with Gasteiger partial charge >= 0.3 is 5.97 Å². The van der Waals surface area contributed by atoms with E-state index in [9.17, 15) is 14.4 Å². The van der Waals surface area contributed by atoms with E-state index in [-0.39, 0.29) is 5.78 Å². The zero-order valence-corrected chi connectivity index (χ0v) is 21.6. The Bertz CT molecular complexity index is 1650. The topological polar surface area (TPSA) is 85.4 Å². The standard InChI is InChI=1S/C31H21BrN2O4/c32-22-16-14-20(15-17-22)28-18-25(23-10-4-6-12-26(23)33-28)31(37)38-19-29(35)34-27-13-7-5-11-24(27)30(36)21-8-2-1-3-9-21/h1-18H,19H2,(H,34,35). The molecule has 5 aromatic rings. The fourth-order valence-corrected chi connectivity index (χ4v) is 4.31. The van der Waals surface area contributed by atoms with Gasteiger partial charge in [0.15, 0.2) is 12.4 Å². The molecule has 1 aromatic heterocycles. The number of hydrogen-bond acceptors (Lipinski definition) is 5. The van der Waals surface area contributed by atoms with E-state index < -0.39 is 18.5 Å². The summed E-state index contributed by atoms with van der Waals surface area (Å²) in [6, 6.07) is 32.1. The molecule has 7 heteroatoms. The second kappa shape index (κ2) is 11.2. The van der Waals surface area contributed by atoms with Crippen molar-refractivity contribution in [1.82, 2.24) is 4.98 Å². The van der Waals surface area contributed by atoms with Crippen molar-refractivity contribution in [2.24, 2.45) is 0 Å². The number of carbonyl (C=O) groups excluding carboxylic acids is 3. The van der Waals surface area contributed by atoms with E-state index in [4.69, 9.17) is 4.74 Å². The second-order valence-corrected chi connectivity index (χ2v) is 9.36. The van der Waals surface area contributed by atoms with Crippen molar-refractivity contribution in [3.63, 3.8) is 0 Å². The summed E-state index contributed by atoms with van der Waals surface area (Å²) in [5.74, 6) is -1.42. The highest BCUT2D eigenvalue weighted by Gasteiger charge is 2.18. The normalized spacial score (nSPS) is 10.7. The van der Waals surface area contributed by atoms with Gasteiger partial charge in [-0.3, -0.25) is 9.59 Å². The molecule has 0 aliphatic carbocycles. The summed E-state index contributed by atoms with van der Waals surface area (Å²) in [4.78, 5) is 43.5. The Morgan fingerprint density at radius 3 is 2.24 bits per heavy atom. The van der Waals surface area contributed by atoms with Crippen LogP contribution in [0.1, 0.15) is 26.3 Å². The lowest BCUT2D eigenvalue weighted by Crippen LogP contribution is -2.22. The molecule has 0 unspecified atom stereocenters. The number of nitrogens with one attached hydrogen (secondary N) is 1. The molecular formula is C31H21BrN2O4. The first-order chi connectivity index (χ1) is 18.5. The quantitative estimate of drug-likeness (QED) is 0.176. The molecule has 0 atom stereocenters. The predicted octanol–water partition coefficient (Wildman–Crippen LogP) is 6.69. The number of ketones is 1. The maximum absolute atomic E-state index is 13.1. The van der Waals surface area contributed by atoms with Crippen molar-refractivity contribution in [2.75, 3.05) is 11.9 Å². The number of para-hydroxylation sites is 2. The van der Waals surface area contributed by atoms with Crippen LogP contribution in [-0.2, 0) is 9.53 Å². The number of anilines is 1. The van der Waals surface area contributed by atoms with E-state index >= 15 is 0 Å². The minimum absolute atomic E-state index is 0.220. The summed E-state index contributed by atoms with van der Waals surface area (Å²) < 4.78 is 6.32. The number of hydrogen-bond donors (Lipinski definition) is 1. The summed E-state index contributed by atoms with van der Waals surface area (Å²) in [5, 5.41) is 3.32. The van der Waals surface area contributed by atoms with Gasteiger partial charge in [-0.15, -0.1) is 0 Å². The summed E-state index contributed by atoms with van der Waals surface area (Å²) >= 11 is 3.43. The molecule has 1 heterocycles. The molecule has 4 aromatic carbocycles. The minimum atomic E-state index is -0.647. The number of esters is 1. The van der Waals surface area contributed by atoms with Crippen LogP contribution in [0.2, 0.25) is 0 Å². The zero-order chi connectivity index (χ0) is 26.5. The molecule has 0 aliphatic rings. The molecule has 38 heavy (non-hydrogen) atoms. The van der Waals surface area contributed by atoms with Crippen molar-refractivity contribution < 1.29 is 19.1 Å². The Hall–Kier alpha value is -4.62. The Morgan fingerprint density at radius 1 is 0.763 bits per heavy atom. The Balaban J connectivity index is 1.34. The van der Waals surface area contributed by atoms with Gasteiger partial charge < -0.3 is 10.1 Å². The molecule has 0 saturated carbocycles. The molecular weight excluding hydrogens is 544 g/mol. The van der Waals surface area contributed by atoms with Crippen LogP contribution in [0.3, 0.4) is 0 Å². The lowest BCUT2D eigenvalue weighted by molar-refractivity contribution is -0.119. The van der Waals surface area contributed by atoms with Crippen LogP contribution in [-0.4, -0.2) is 29.3 Å². The minimum Gasteiger partial charge on any atom is -0.452 e. The maximum atomic E-state index is 13.1. The first-order valence-electron chi connectivity index (χ1n) is 11.8. The van der Waals surface area contributed by atoms with Crippen molar-refractivity contribution in [3.05, 3.63) is 130 Å². The van der Waals surface area contributed by atoms with Gasteiger partial charge in [0, 0.05) is 26.5 Å². The van der Waals surface area contributed by atoms with Gasteiger partial charge in [-0.2, -0.15) is 0 Å². The number of aromatic nitrogens is 1. The van der Waals surface area contributed by atoms with Gasteiger partial charge in [-0.1, -0.05) is 88.7 Å². The summed E-state index contributed by atoms with van der Waals surface area (Å²) in [7, 11) is 0. The smallest absolute Gasteiger partial charge is 0.339 e. The van der Waals surface area contributed by atoms with Gasteiger partial charge in [0.2, 0.25) is 0 Å². The summed E-state index contributed by atoms with van der Waals surface area (Å²) in [6.45, 7) is -0.517. The number of fused-ring (bicyclic) bond motifs is 1. The number of benzene rings is 4. The van der Waals surface area contributed by atoms with E-state index in [0.717, 1.165) is 10.0 Å². The number of carbonyl (C=O) groups is 3. The average Bonchev–Trinajstić information content (AvgIpc) is 2.96. The molecule has 0 aliphatic heterocycles. The number of halogens is 1. The van der Waals surface area contributed by atoms with Gasteiger partial charge in [-0.05, 0) is 36.4 Å². The first-order valence-corrected chi connectivity index (χ1v) is 12.6. The molecule has 0 spiro atoms. The molecule has 0 fully saturated rings. The van der Waals surface area contributed by atoms with Crippen LogP contribution in [0.4, 0.5) is 5.69 Å². The Kier molecular flexibility index (Phi) is 7.38. The van der Waals surface area contributed by atoms with E-state index in [1.165, 1.54) is 0 Å². The van der Waals surface area contributed by atoms with E-state index in [1.807, 2.05) is 48.5 Å². The summed E-state index contributed by atoms with van der Waals surface area (Å²) in [6.07, 6.45) is 0. The number of pyridine rings is 1. The van der Waals surface area contributed by atoms with E-state index in [1.54, 1.807) is 60.7 Å². The third-order valence-corrected chi connectivity index (χ3v) is 6.42. The Morgan fingerprint density at radius 2 is 1.45 bits per heavy atom. The van der Waals surface area contributed by atoms with Crippen LogP contribution in [0.15, 0.2) is 114 Å². The third kappa shape index (κ3) is 5.53. The van der Waals surface area contributed by atoms with Crippen molar-refractivity contribution >= 4 is 50.2 Å². The molecule has 6 nitrogen and oxygen atoms in total. The first kappa shape index (κ1) is 25.0. The zero-order valence-electron chi connectivity index (χ0n) is 20.1. The van der Waals surface area contributed by atoms with Gasteiger partial charge in [0.1, 0.15) is 0 Å². The van der Waals surface area contributed by atoms with Gasteiger partial charge in [-0.25, -0.2) is 9.78 Å². The number of ether oxygens (including phenoxy) is 1. The molecule has 1 N–H and O–H groups in total. The highest BCUT2D eigenvalue weighted by Crippen LogP contribution is 2.27. The molecule has 0 radical (unpaired) electrons. The number of amides is 1. The number of nitrogens with zero attached hydrogens (tertiary/aromatic N) is 1. The fraction of sp³-hybridized carbons (Fsp3) is 0.0323. The number of rotatable bonds is 7. The highest BCUT2D eigenvalue weighted by atomic mass is 79.9. The van der Waals surface area contributed by atoms with E-state index in [2.05, 4.69) is 26.2 Å². The lowest BCUT2D eigenvalue weighted by atomic mass is 10.0. The largest absolute Gasteiger partial charge is 0.452 e. The van der Waals surface area contributed by atoms with Crippen molar-refractivity contribution in [2.45, 2.75) is 0 Å². The van der Waals surface area contributed by atoms with E-state index in [0.29, 0.717) is 39.0 Å². The second-order valence-electron chi connectivity index (χ2n) is 8.44. The lowest BCUT2D eigenvalue weighted by Gasteiger charge is -2.12.